The Labute approximate surface area is 153 Å². The van der Waals surface area contributed by atoms with Crippen molar-refractivity contribution in [3.63, 3.8) is 0 Å². The SMILES string of the molecule is COCCN(C(=O)CN(C)C)C1=C(N(C)C)C(=O)c2ccccc2C1=O. The number of benzene rings is 1. The van der Waals surface area contributed by atoms with Gasteiger partial charge in [0.15, 0.2) is 0 Å². The van der Waals surface area contributed by atoms with Gasteiger partial charge in [0, 0.05) is 38.9 Å². The van der Waals surface area contributed by atoms with Crippen molar-refractivity contribution in [2.75, 3.05) is 55.0 Å². The molecule has 0 bridgehead atoms. The molecule has 0 fully saturated rings. The number of nitrogens with zero attached hydrogens (tertiary/aromatic N) is 3. The van der Waals surface area contributed by atoms with Crippen LogP contribution >= 0.6 is 0 Å². The number of fused-ring (bicyclic) bond motifs is 1. The molecule has 0 saturated heterocycles. The van der Waals surface area contributed by atoms with E-state index in [2.05, 4.69) is 0 Å². The highest BCUT2D eigenvalue weighted by Crippen LogP contribution is 2.29. The lowest BCUT2D eigenvalue weighted by molar-refractivity contribution is -0.130. The molecule has 0 atom stereocenters. The zero-order valence-corrected chi connectivity index (χ0v) is 15.9. The summed E-state index contributed by atoms with van der Waals surface area (Å²) in [6, 6.07) is 6.69. The van der Waals surface area contributed by atoms with Crippen LogP contribution in [0.1, 0.15) is 20.7 Å². The minimum absolute atomic E-state index is 0.114. The number of hydrogen-bond acceptors (Lipinski definition) is 6. The Bertz CT molecular complexity index is 753. The summed E-state index contributed by atoms with van der Waals surface area (Å²) in [6.45, 7) is 0.570. The minimum Gasteiger partial charge on any atom is -0.383 e. The third kappa shape index (κ3) is 3.84. The Morgan fingerprint density at radius 2 is 1.50 bits per heavy atom. The Kier molecular flexibility index (Phi) is 6.28. The van der Waals surface area contributed by atoms with Crippen molar-refractivity contribution in [1.82, 2.24) is 14.7 Å². The van der Waals surface area contributed by atoms with Gasteiger partial charge in [-0.3, -0.25) is 14.4 Å². The minimum atomic E-state index is -0.327. The van der Waals surface area contributed by atoms with Gasteiger partial charge < -0.3 is 19.4 Å². The predicted octanol–water partition coefficient (Wildman–Crippen LogP) is 0.875. The first-order valence-corrected chi connectivity index (χ1v) is 8.33. The first-order chi connectivity index (χ1) is 12.3. The molecule has 7 heteroatoms. The van der Waals surface area contributed by atoms with E-state index in [1.165, 1.54) is 12.0 Å². The van der Waals surface area contributed by atoms with Crippen LogP contribution in [0.4, 0.5) is 0 Å². The zero-order valence-electron chi connectivity index (χ0n) is 15.9. The molecule has 7 nitrogen and oxygen atoms in total. The Balaban J connectivity index is 2.61. The fourth-order valence-electron chi connectivity index (χ4n) is 2.91. The van der Waals surface area contributed by atoms with E-state index >= 15 is 0 Å². The van der Waals surface area contributed by atoms with Crippen LogP contribution in [0.15, 0.2) is 35.7 Å². The van der Waals surface area contributed by atoms with Crippen LogP contribution in [0.3, 0.4) is 0 Å². The second kappa shape index (κ2) is 8.25. The largest absolute Gasteiger partial charge is 0.383 e. The molecule has 0 aliphatic heterocycles. The molecule has 0 aromatic heterocycles. The number of allylic oxidation sites excluding steroid dienone is 2. The Morgan fingerprint density at radius 3 is 1.96 bits per heavy atom. The topological polar surface area (TPSA) is 70.2 Å². The number of likely N-dealkylation sites (N-methyl/N-ethyl adjacent to an activating group) is 2. The van der Waals surface area contributed by atoms with Crippen molar-refractivity contribution >= 4 is 17.5 Å². The van der Waals surface area contributed by atoms with E-state index in [1.807, 2.05) is 0 Å². The summed E-state index contributed by atoms with van der Waals surface area (Å²) in [6.07, 6.45) is 0. The van der Waals surface area contributed by atoms with Crippen LogP contribution in [-0.4, -0.2) is 87.2 Å². The average Bonchev–Trinajstić information content (AvgIpc) is 2.58. The molecule has 26 heavy (non-hydrogen) atoms. The van der Waals surface area contributed by atoms with Gasteiger partial charge in [-0.15, -0.1) is 0 Å². The van der Waals surface area contributed by atoms with Gasteiger partial charge in [-0.05, 0) is 14.1 Å². The number of rotatable bonds is 7. The van der Waals surface area contributed by atoms with Crippen LogP contribution in [0.5, 0.6) is 0 Å². The summed E-state index contributed by atoms with van der Waals surface area (Å²) < 4.78 is 5.11. The maximum atomic E-state index is 13.2. The predicted molar refractivity (Wildman–Crippen MR) is 98.0 cm³/mol. The molecule has 0 N–H and O–H groups in total. The first-order valence-electron chi connectivity index (χ1n) is 8.33. The standard InChI is InChI=1S/C19H25N3O4/c1-20(2)12-15(23)22(10-11-26-5)17-16(21(3)4)18(24)13-8-6-7-9-14(13)19(17)25/h6-9H,10-12H2,1-5H3. The number of carbonyl (C=O) groups excluding carboxylic acids is 3. The summed E-state index contributed by atoms with van der Waals surface area (Å²) in [4.78, 5) is 43.7. The van der Waals surface area contributed by atoms with Crippen LogP contribution in [0.2, 0.25) is 0 Å². The fraction of sp³-hybridized carbons (Fsp3) is 0.421. The number of Topliss-reactive ketones (excluding diaryl/α,β-unsaturated/α-hetero) is 2. The molecule has 1 amide bonds. The molecule has 1 aromatic carbocycles. The van der Waals surface area contributed by atoms with Crippen LogP contribution in [0.25, 0.3) is 0 Å². The summed E-state index contributed by atoms with van der Waals surface area (Å²) in [7, 11) is 8.46. The summed E-state index contributed by atoms with van der Waals surface area (Å²) in [5.74, 6) is -0.852. The van der Waals surface area contributed by atoms with E-state index in [0.717, 1.165) is 0 Å². The van der Waals surface area contributed by atoms with E-state index in [4.69, 9.17) is 4.74 Å². The summed E-state index contributed by atoms with van der Waals surface area (Å²) in [5.41, 5.74) is 1.01. The first kappa shape index (κ1) is 19.8. The second-order valence-electron chi connectivity index (χ2n) is 6.57. The number of hydrogen-bond donors (Lipinski definition) is 0. The molecule has 0 heterocycles. The van der Waals surface area contributed by atoms with Gasteiger partial charge in [0.25, 0.3) is 0 Å². The Hall–Kier alpha value is -2.51. The van der Waals surface area contributed by atoms with Gasteiger partial charge in [-0.1, -0.05) is 24.3 Å². The Morgan fingerprint density at radius 1 is 0.962 bits per heavy atom. The van der Waals surface area contributed by atoms with Crippen molar-refractivity contribution in [2.45, 2.75) is 0 Å². The maximum Gasteiger partial charge on any atom is 0.241 e. The van der Waals surface area contributed by atoms with E-state index in [1.54, 1.807) is 62.3 Å². The summed E-state index contributed by atoms with van der Waals surface area (Å²) in [5, 5.41) is 0. The quantitative estimate of drug-likeness (QED) is 0.720. The lowest BCUT2D eigenvalue weighted by Crippen LogP contribution is -2.45. The van der Waals surface area contributed by atoms with Gasteiger partial charge >= 0.3 is 0 Å². The highest BCUT2D eigenvalue weighted by Gasteiger charge is 2.38. The molecule has 1 aliphatic carbocycles. The van der Waals surface area contributed by atoms with Crippen LogP contribution < -0.4 is 0 Å². The van der Waals surface area contributed by atoms with E-state index < -0.39 is 0 Å². The van der Waals surface area contributed by atoms with Gasteiger partial charge in [0.2, 0.25) is 17.5 Å². The number of ketones is 2. The third-order valence-electron chi connectivity index (χ3n) is 4.06. The fourth-order valence-corrected chi connectivity index (χ4v) is 2.91. The van der Waals surface area contributed by atoms with E-state index in [-0.39, 0.29) is 48.6 Å². The maximum absolute atomic E-state index is 13.2. The zero-order chi connectivity index (χ0) is 19.4. The molecule has 2 rings (SSSR count). The molecule has 0 saturated carbocycles. The normalized spacial score (nSPS) is 13.9. The van der Waals surface area contributed by atoms with Crippen molar-refractivity contribution in [2.24, 2.45) is 0 Å². The summed E-state index contributed by atoms with van der Waals surface area (Å²) >= 11 is 0. The molecular weight excluding hydrogens is 334 g/mol. The lowest BCUT2D eigenvalue weighted by Gasteiger charge is -2.32. The molecule has 1 aromatic rings. The second-order valence-corrected chi connectivity index (χ2v) is 6.57. The van der Waals surface area contributed by atoms with Gasteiger partial charge in [0.1, 0.15) is 11.4 Å². The molecule has 0 radical (unpaired) electrons. The number of methoxy groups -OCH3 is 1. The van der Waals surface area contributed by atoms with Gasteiger partial charge in [-0.25, -0.2) is 0 Å². The molecule has 1 aliphatic rings. The molecule has 0 spiro atoms. The highest BCUT2D eigenvalue weighted by molar-refractivity contribution is 6.27. The van der Waals surface area contributed by atoms with E-state index in [0.29, 0.717) is 11.1 Å². The van der Waals surface area contributed by atoms with Crippen LogP contribution in [-0.2, 0) is 9.53 Å². The third-order valence-corrected chi connectivity index (χ3v) is 4.06. The van der Waals surface area contributed by atoms with Crippen molar-refractivity contribution in [1.29, 1.82) is 0 Å². The number of ether oxygens (including phenoxy) is 1. The molecular formula is C19H25N3O4. The highest BCUT2D eigenvalue weighted by atomic mass is 16.5. The van der Waals surface area contributed by atoms with Crippen LogP contribution in [0, 0.1) is 0 Å². The molecule has 0 unspecified atom stereocenters. The smallest absolute Gasteiger partial charge is 0.241 e. The lowest BCUT2D eigenvalue weighted by atomic mass is 9.89. The van der Waals surface area contributed by atoms with Crippen molar-refractivity contribution < 1.29 is 19.1 Å². The van der Waals surface area contributed by atoms with Gasteiger partial charge in [0.05, 0.1) is 13.2 Å². The molecule has 140 valence electrons. The van der Waals surface area contributed by atoms with Gasteiger partial charge in [-0.2, -0.15) is 0 Å². The average molecular weight is 359 g/mol. The van der Waals surface area contributed by atoms with Crippen molar-refractivity contribution in [3.05, 3.63) is 46.8 Å². The number of carbonyl (C=O) groups is 3. The monoisotopic (exact) mass is 359 g/mol. The van der Waals surface area contributed by atoms with Crippen molar-refractivity contribution in [3.8, 4) is 0 Å². The van der Waals surface area contributed by atoms with E-state index in [9.17, 15) is 14.4 Å². The number of amides is 1.